The molecule has 0 radical (unpaired) electrons. The molecule has 1 amide bonds. The lowest BCUT2D eigenvalue weighted by atomic mass is 10.1. The van der Waals surface area contributed by atoms with E-state index in [-0.39, 0.29) is 5.91 Å². The minimum atomic E-state index is 0.153. The number of piperazine rings is 1. The molecular formula is C23H24N4O2. The van der Waals surface area contributed by atoms with Crippen LogP contribution in [0.3, 0.4) is 0 Å². The molecule has 2 heterocycles. The molecule has 148 valence electrons. The van der Waals surface area contributed by atoms with Gasteiger partial charge in [-0.15, -0.1) is 10.2 Å². The Morgan fingerprint density at radius 1 is 0.897 bits per heavy atom. The molecule has 1 saturated heterocycles. The summed E-state index contributed by atoms with van der Waals surface area (Å²) in [7, 11) is 1.64. The van der Waals surface area contributed by atoms with Gasteiger partial charge in [-0.1, -0.05) is 42.5 Å². The summed E-state index contributed by atoms with van der Waals surface area (Å²) in [6.07, 6.45) is 0.412. The van der Waals surface area contributed by atoms with E-state index in [1.807, 2.05) is 71.6 Å². The Labute approximate surface area is 170 Å². The van der Waals surface area contributed by atoms with E-state index in [9.17, 15) is 4.79 Å². The third kappa shape index (κ3) is 4.54. The number of carbonyl (C=O) groups excluding carboxylic acids is 1. The van der Waals surface area contributed by atoms with Crippen molar-refractivity contribution < 1.29 is 9.53 Å². The van der Waals surface area contributed by atoms with Crippen LogP contribution in [0.4, 0.5) is 5.82 Å². The Bertz CT molecular complexity index is 935. The smallest absolute Gasteiger partial charge is 0.227 e. The predicted molar refractivity (Wildman–Crippen MR) is 113 cm³/mol. The molecule has 4 rings (SSSR count). The summed E-state index contributed by atoms with van der Waals surface area (Å²) < 4.78 is 5.16. The van der Waals surface area contributed by atoms with Crippen molar-refractivity contribution in [2.45, 2.75) is 6.42 Å². The van der Waals surface area contributed by atoms with Crippen LogP contribution in [-0.4, -0.2) is 54.3 Å². The zero-order chi connectivity index (χ0) is 20.1. The van der Waals surface area contributed by atoms with Crippen molar-refractivity contribution in [3.8, 4) is 17.0 Å². The first-order valence-electron chi connectivity index (χ1n) is 9.78. The highest BCUT2D eigenvalue weighted by Crippen LogP contribution is 2.19. The van der Waals surface area contributed by atoms with E-state index in [4.69, 9.17) is 4.74 Å². The summed E-state index contributed by atoms with van der Waals surface area (Å²) in [6, 6.07) is 21.7. The number of carbonyl (C=O) groups is 1. The van der Waals surface area contributed by atoms with Crippen molar-refractivity contribution in [1.82, 2.24) is 15.1 Å². The van der Waals surface area contributed by atoms with Gasteiger partial charge in [0.15, 0.2) is 5.82 Å². The summed E-state index contributed by atoms with van der Waals surface area (Å²) in [5, 5.41) is 8.76. The molecule has 0 atom stereocenters. The number of rotatable bonds is 5. The lowest BCUT2D eigenvalue weighted by Crippen LogP contribution is -2.49. The second-order valence-corrected chi connectivity index (χ2v) is 7.04. The Hall–Kier alpha value is -3.41. The first-order chi connectivity index (χ1) is 14.2. The van der Waals surface area contributed by atoms with Gasteiger partial charge in [-0.2, -0.15) is 0 Å². The van der Waals surface area contributed by atoms with E-state index in [1.54, 1.807) is 7.11 Å². The Kier molecular flexibility index (Phi) is 5.70. The minimum Gasteiger partial charge on any atom is -0.497 e. The van der Waals surface area contributed by atoms with E-state index >= 15 is 0 Å². The fourth-order valence-electron chi connectivity index (χ4n) is 3.47. The van der Waals surface area contributed by atoms with Crippen molar-refractivity contribution in [2.75, 3.05) is 38.2 Å². The molecule has 0 saturated carbocycles. The molecule has 3 aromatic rings. The van der Waals surface area contributed by atoms with Gasteiger partial charge in [-0.05, 0) is 29.8 Å². The van der Waals surface area contributed by atoms with Gasteiger partial charge < -0.3 is 14.5 Å². The summed E-state index contributed by atoms with van der Waals surface area (Å²) in [5.74, 6) is 1.81. The third-order valence-electron chi connectivity index (χ3n) is 5.19. The molecule has 0 unspecified atom stereocenters. The van der Waals surface area contributed by atoms with E-state index in [1.165, 1.54) is 0 Å². The number of hydrogen-bond acceptors (Lipinski definition) is 5. The lowest BCUT2D eigenvalue weighted by Gasteiger charge is -2.35. The van der Waals surface area contributed by atoms with E-state index in [2.05, 4.69) is 15.1 Å². The number of benzene rings is 2. The zero-order valence-electron chi connectivity index (χ0n) is 16.5. The maximum Gasteiger partial charge on any atom is 0.227 e. The van der Waals surface area contributed by atoms with Crippen LogP contribution in [0, 0.1) is 0 Å². The fraction of sp³-hybridized carbons (Fsp3) is 0.261. The number of hydrogen-bond donors (Lipinski definition) is 0. The maximum atomic E-state index is 12.6. The normalized spacial score (nSPS) is 14.0. The number of ether oxygens (including phenoxy) is 1. The topological polar surface area (TPSA) is 58.6 Å². The average molecular weight is 388 g/mol. The molecule has 0 spiro atoms. The number of nitrogens with zero attached hydrogens (tertiary/aromatic N) is 4. The number of aromatic nitrogens is 2. The Balaban J connectivity index is 1.32. The third-order valence-corrected chi connectivity index (χ3v) is 5.19. The van der Waals surface area contributed by atoms with Gasteiger partial charge in [-0.25, -0.2) is 0 Å². The summed E-state index contributed by atoms with van der Waals surface area (Å²) in [6.45, 7) is 2.90. The summed E-state index contributed by atoms with van der Waals surface area (Å²) in [5.41, 5.74) is 2.92. The van der Waals surface area contributed by atoms with E-state index in [0.717, 1.165) is 41.5 Å². The van der Waals surface area contributed by atoms with Crippen LogP contribution >= 0.6 is 0 Å². The Morgan fingerprint density at radius 2 is 1.62 bits per heavy atom. The van der Waals surface area contributed by atoms with Gasteiger partial charge in [0.2, 0.25) is 5.91 Å². The second-order valence-electron chi connectivity index (χ2n) is 7.04. The molecular weight excluding hydrogens is 364 g/mol. The first kappa shape index (κ1) is 18.9. The minimum absolute atomic E-state index is 0.153. The lowest BCUT2D eigenvalue weighted by molar-refractivity contribution is -0.130. The van der Waals surface area contributed by atoms with Gasteiger partial charge in [0, 0.05) is 31.7 Å². The van der Waals surface area contributed by atoms with Gasteiger partial charge in [0.1, 0.15) is 5.75 Å². The van der Waals surface area contributed by atoms with Crippen molar-refractivity contribution >= 4 is 11.7 Å². The van der Waals surface area contributed by atoms with Crippen LogP contribution in [0.2, 0.25) is 0 Å². The Morgan fingerprint density at radius 3 is 2.24 bits per heavy atom. The summed E-state index contributed by atoms with van der Waals surface area (Å²) in [4.78, 5) is 16.7. The standard InChI is InChI=1S/C23H24N4O2/c1-29-20-9-7-18(8-10-20)17-23(28)27-15-13-26(14-16-27)22-12-11-21(24-25-22)19-5-3-2-4-6-19/h2-12H,13-17H2,1H3. The monoisotopic (exact) mass is 388 g/mol. The highest BCUT2D eigenvalue weighted by molar-refractivity contribution is 5.79. The SMILES string of the molecule is COc1ccc(CC(=O)N2CCN(c3ccc(-c4ccccc4)nn3)CC2)cc1. The van der Waals surface area contributed by atoms with Gasteiger partial charge in [0.05, 0.1) is 19.2 Å². The maximum absolute atomic E-state index is 12.6. The number of anilines is 1. The predicted octanol–water partition coefficient (Wildman–Crippen LogP) is 3.04. The molecule has 0 bridgehead atoms. The summed E-state index contributed by atoms with van der Waals surface area (Å²) >= 11 is 0. The van der Waals surface area contributed by atoms with Crippen molar-refractivity contribution in [1.29, 1.82) is 0 Å². The van der Waals surface area contributed by atoms with Crippen LogP contribution in [0.15, 0.2) is 66.7 Å². The molecule has 0 aliphatic carbocycles. The number of methoxy groups -OCH3 is 1. The fourth-order valence-corrected chi connectivity index (χ4v) is 3.47. The highest BCUT2D eigenvalue weighted by Gasteiger charge is 2.22. The highest BCUT2D eigenvalue weighted by atomic mass is 16.5. The van der Waals surface area contributed by atoms with Crippen LogP contribution in [0.1, 0.15) is 5.56 Å². The van der Waals surface area contributed by atoms with Crippen LogP contribution < -0.4 is 9.64 Å². The largest absolute Gasteiger partial charge is 0.497 e. The molecule has 1 fully saturated rings. The number of amides is 1. The van der Waals surface area contributed by atoms with Gasteiger partial charge in [0.25, 0.3) is 0 Å². The second kappa shape index (κ2) is 8.73. The quantitative estimate of drug-likeness (QED) is 0.672. The molecule has 2 aromatic carbocycles. The zero-order valence-corrected chi connectivity index (χ0v) is 16.5. The van der Waals surface area contributed by atoms with Crippen LogP contribution in [0.25, 0.3) is 11.3 Å². The van der Waals surface area contributed by atoms with Gasteiger partial charge >= 0.3 is 0 Å². The molecule has 29 heavy (non-hydrogen) atoms. The molecule has 1 aliphatic heterocycles. The van der Waals surface area contributed by atoms with Crippen molar-refractivity contribution in [2.24, 2.45) is 0 Å². The molecule has 1 aliphatic rings. The van der Waals surface area contributed by atoms with Gasteiger partial charge in [-0.3, -0.25) is 4.79 Å². The van der Waals surface area contributed by atoms with E-state index < -0.39 is 0 Å². The molecule has 6 heteroatoms. The van der Waals surface area contributed by atoms with Crippen molar-refractivity contribution in [3.63, 3.8) is 0 Å². The van der Waals surface area contributed by atoms with E-state index in [0.29, 0.717) is 19.5 Å². The van der Waals surface area contributed by atoms with Crippen molar-refractivity contribution in [3.05, 3.63) is 72.3 Å². The van der Waals surface area contributed by atoms with Crippen LogP contribution in [-0.2, 0) is 11.2 Å². The van der Waals surface area contributed by atoms with Crippen LogP contribution in [0.5, 0.6) is 5.75 Å². The average Bonchev–Trinajstić information content (AvgIpc) is 2.80. The molecule has 6 nitrogen and oxygen atoms in total. The molecule has 0 N–H and O–H groups in total. The first-order valence-corrected chi connectivity index (χ1v) is 9.78. The molecule has 1 aromatic heterocycles.